The Bertz CT molecular complexity index is 137. The van der Waals surface area contributed by atoms with E-state index in [2.05, 4.69) is 0 Å². The lowest BCUT2D eigenvalue weighted by Gasteiger charge is -2.36. The van der Waals surface area contributed by atoms with Gasteiger partial charge >= 0.3 is 0 Å². The number of ether oxygens (including phenoxy) is 1. The molecule has 12 heavy (non-hydrogen) atoms. The van der Waals surface area contributed by atoms with Crippen molar-refractivity contribution in [1.82, 2.24) is 0 Å². The SMILES string of the molecule is CC(C)C(C)(F)C1CCOCC1. The minimum absolute atomic E-state index is 0.112. The van der Waals surface area contributed by atoms with E-state index in [4.69, 9.17) is 4.74 Å². The van der Waals surface area contributed by atoms with Gasteiger partial charge in [0, 0.05) is 13.2 Å². The van der Waals surface area contributed by atoms with Gasteiger partial charge in [-0.3, -0.25) is 0 Å². The second-order valence-corrected chi connectivity index (χ2v) is 4.19. The van der Waals surface area contributed by atoms with E-state index in [0.717, 1.165) is 26.1 Å². The third-order valence-electron chi connectivity index (χ3n) is 3.15. The number of halogens is 1. The second-order valence-electron chi connectivity index (χ2n) is 4.19. The van der Waals surface area contributed by atoms with E-state index in [9.17, 15) is 4.39 Å². The van der Waals surface area contributed by atoms with E-state index in [1.54, 1.807) is 6.92 Å². The highest BCUT2D eigenvalue weighted by Crippen LogP contribution is 2.36. The summed E-state index contributed by atoms with van der Waals surface area (Å²) >= 11 is 0. The molecule has 0 aromatic carbocycles. The highest BCUT2D eigenvalue weighted by atomic mass is 19.1. The molecular weight excluding hydrogens is 155 g/mol. The summed E-state index contributed by atoms with van der Waals surface area (Å²) in [6, 6.07) is 0. The van der Waals surface area contributed by atoms with Gasteiger partial charge in [-0.2, -0.15) is 0 Å². The zero-order chi connectivity index (χ0) is 9.19. The molecule has 1 aliphatic rings. The third kappa shape index (κ3) is 1.98. The Labute approximate surface area is 74.3 Å². The Kier molecular flexibility index (Phi) is 3.10. The first-order valence-corrected chi connectivity index (χ1v) is 4.81. The Hall–Kier alpha value is -0.110. The van der Waals surface area contributed by atoms with Crippen LogP contribution in [0.25, 0.3) is 0 Å². The van der Waals surface area contributed by atoms with Crippen molar-refractivity contribution < 1.29 is 9.13 Å². The largest absolute Gasteiger partial charge is 0.381 e. The van der Waals surface area contributed by atoms with Crippen LogP contribution >= 0.6 is 0 Å². The molecule has 72 valence electrons. The van der Waals surface area contributed by atoms with Crippen molar-refractivity contribution in [2.45, 2.75) is 39.3 Å². The molecule has 0 bridgehead atoms. The lowest BCUT2D eigenvalue weighted by atomic mass is 9.78. The van der Waals surface area contributed by atoms with Crippen LogP contribution in [0.3, 0.4) is 0 Å². The zero-order valence-corrected chi connectivity index (χ0v) is 8.27. The quantitative estimate of drug-likeness (QED) is 0.625. The van der Waals surface area contributed by atoms with Crippen LogP contribution in [0.2, 0.25) is 0 Å². The first-order chi connectivity index (χ1) is 5.55. The van der Waals surface area contributed by atoms with Crippen LogP contribution < -0.4 is 0 Å². The normalized spacial score (nSPS) is 25.8. The molecule has 0 saturated carbocycles. The molecule has 0 N–H and O–H groups in total. The first-order valence-electron chi connectivity index (χ1n) is 4.81. The van der Waals surface area contributed by atoms with Gasteiger partial charge in [0.1, 0.15) is 5.67 Å². The summed E-state index contributed by atoms with van der Waals surface area (Å²) in [6.45, 7) is 7.10. The Morgan fingerprint density at radius 1 is 1.33 bits per heavy atom. The van der Waals surface area contributed by atoms with E-state index >= 15 is 0 Å². The molecule has 1 aliphatic heterocycles. The molecule has 1 heterocycles. The average molecular weight is 174 g/mol. The maximum absolute atomic E-state index is 14.0. The highest BCUT2D eigenvalue weighted by molar-refractivity contribution is 4.86. The first kappa shape index (κ1) is 9.97. The maximum atomic E-state index is 14.0. The molecule has 1 nitrogen and oxygen atoms in total. The van der Waals surface area contributed by atoms with Crippen LogP contribution in [-0.2, 0) is 4.74 Å². The molecule has 2 heteroatoms. The topological polar surface area (TPSA) is 9.23 Å². The fourth-order valence-electron chi connectivity index (χ4n) is 1.73. The van der Waals surface area contributed by atoms with Gasteiger partial charge in [-0.1, -0.05) is 13.8 Å². The van der Waals surface area contributed by atoms with Crippen LogP contribution in [0.15, 0.2) is 0 Å². The second kappa shape index (κ2) is 3.73. The lowest BCUT2D eigenvalue weighted by molar-refractivity contribution is -0.0254. The summed E-state index contributed by atoms with van der Waals surface area (Å²) in [6.07, 6.45) is 1.76. The van der Waals surface area contributed by atoms with E-state index in [0.29, 0.717) is 0 Å². The highest BCUT2D eigenvalue weighted by Gasteiger charge is 2.37. The predicted octanol–water partition coefficient (Wildman–Crippen LogP) is 2.80. The molecule has 1 rings (SSSR count). The van der Waals surface area contributed by atoms with Crippen molar-refractivity contribution in [2.75, 3.05) is 13.2 Å². The van der Waals surface area contributed by atoms with E-state index in [1.165, 1.54) is 0 Å². The van der Waals surface area contributed by atoms with Crippen LogP contribution in [0.1, 0.15) is 33.6 Å². The van der Waals surface area contributed by atoms with Gasteiger partial charge in [-0.25, -0.2) is 4.39 Å². The van der Waals surface area contributed by atoms with Crippen molar-refractivity contribution in [3.8, 4) is 0 Å². The molecule has 1 saturated heterocycles. The number of alkyl halides is 1. The molecule has 1 atom stereocenters. The van der Waals surface area contributed by atoms with Crippen LogP contribution in [0.4, 0.5) is 4.39 Å². The van der Waals surface area contributed by atoms with Gasteiger partial charge in [0.25, 0.3) is 0 Å². The molecule has 0 spiro atoms. The molecule has 1 unspecified atom stereocenters. The Morgan fingerprint density at radius 2 is 1.83 bits per heavy atom. The molecule has 0 amide bonds. The van der Waals surface area contributed by atoms with E-state index in [1.807, 2.05) is 13.8 Å². The molecule has 0 aliphatic carbocycles. The van der Waals surface area contributed by atoms with Crippen molar-refractivity contribution in [1.29, 1.82) is 0 Å². The summed E-state index contributed by atoms with van der Waals surface area (Å²) < 4.78 is 19.3. The molecule has 0 aromatic heterocycles. The van der Waals surface area contributed by atoms with Crippen LogP contribution in [0.5, 0.6) is 0 Å². The van der Waals surface area contributed by atoms with Gasteiger partial charge in [-0.15, -0.1) is 0 Å². The third-order valence-corrected chi connectivity index (χ3v) is 3.15. The van der Waals surface area contributed by atoms with Gasteiger partial charge < -0.3 is 4.74 Å². The molecular formula is C10H19FO. The predicted molar refractivity (Wildman–Crippen MR) is 47.9 cm³/mol. The van der Waals surface area contributed by atoms with Crippen molar-refractivity contribution >= 4 is 0 Å². The fourth-order valence-corrected chi connectivity index (χ4v) is 1.73. The van der Waals surface area contributed by atoms with Gasteiger partial charge in [0.2, 0.25) is 0 Å². The minimum Gasteiger partial charge on any atom is -0.381 e. The summed E-state index contributed by atoms with van der Waals surface area (Å²) in [5.41, 5.74) is -1.01. The van der Waals surface area contributed by atoms with Crippen LogP contribution in [-0.4, -0.2) is 18.9 Å². The van der Waals surface area contributed by atoms with Gasteiger partial charge in [0.05, 0.1) is 0 Å². The van der Waals surface area contributed by atoms with Crippen molar-refractivity contribution in [3.63, 3.8) is 0 Å². The number of hydrogen-bond acceptors (Lipinski definition) is 1. The van der Waals surface area contributed by atoms with E-state index in [-0.39, 0.29) is 11.8 Å². The maximum Gasteiger partial charge on any atom is 0.113 e. The minimum atomic E-state index is -1.01. The lowest BCUT2D eigenvalue weighted by Crippen LogP contribution is -2.38. The Balaban J connectivity index is 2.53. The van der Waals surface area contributed by atoms with E-state index < -0.39 is 5.67 Å². The molecule has 0 aromatic rings. The van der Waals surface area contributed by atoms with Crippen molar-refractivity contribution in [3.05, 3.63) is 0 Å². The average Bonchev–Trinajstić information content (AvgIpc) is 2.06. The molecule has 0 radical (unpaired) electrons. The monoisotopic (exact) mass is 174 g/mol. The zero-order valence-electron chi connectivity index (χ0n) is 8.27. The molecule has 1 fully saturated rings. The van der Waals surface area contributed by atoms with Crippen molar-refractivity contribution in [2.24, 2.45) is 11.8 Å². The summed E-state index contributed by atoms with van der Waals surface area (Å²) in [5.74, 6) is 0.312. The summed E-state index contributed by atoms with van der Waals surface area (Å²) in [4.78, 5) is 0. The summed E-state index contributed by atoms with van der Waals surface area (Å²) in [7, 11) is 0. The van der Waals surface area contributed by atoms with Gasteiger partial charge in [-0.05, 0) is 31.6 Å². The number of rotatable bonds is 2. The van der Waals surface area contributed by atoms with Crippen LogP contribution in [0, 0.1) is 11.8 Å². The van der Waals surface area contributed by atoms with Gasteiger partial charge in [0.15, 0.2) is 0 Å². The fraction of sp³-hybridized carbons (Fsp3) is 1.00. The smallest absolute Gasteiger partial charge is 0.113 e. The Morgan fingerprint density at radius 3 is 2.25 bits per heavy atom. The number of hydrogen-bond donors (Lipinski definition) is 0. The standard InChI is InChI=1S/C10H19FO/c1-8(2)10(3,11)9-4-6-12-7-5-9/h8-9H,4-7H2,1-3H3. The summed E-state index contributed by atoms with van der Waals surface area (Å²) in [5, 5.41) is 0.